The van der Waals surface area contributed by atoms with E-state index in [4.69, 9.17) is 4.74 Å². The van der Waals surface area contributed by atoms with Crippen LogP contribution in [0, 0.1) is 5.92 Å². The SMILES string of the molecule is Cn1cncc1C(=O)NCCN(C1CCOCC1)C1CCN(C(=O)C2CC2)CC1. The van der Waals surface area contributed by atoms with E-state index in [1.807, 2.05) is 7.05 Å². The van der Waals surface area contributed by atoms with E-state index in [1.54, 1.807) is 17.1 Å². The van der Waals surface area contributed by atoms with Crippen LogP contribution in [0.5, 0.6) is 0 Å². The number of ether oxygens (including phenoxy) is 1. The van der Waals surface area contributed by atoms with Gasteiger partial charge in [0.15, 0.2) is 0 Å². The molecule has 8 heteroatoms. The first-order chi connectivity index (χ1) is 14.1. The summed E-state index contributed by atoms with van der Waals surface area (Å²) in [7, 11) is 1.83. The molecule has 160 valence electrons. The van der Waals surface area contributed by atoms with Gasteiger partial charge in [-0.15, -0.1) is 0 Å². The van der Waals surface area contributed by atoms with Crippen LogP contribution in [0.25, 0.3) is 0 Å². The first kappa shape index (κ1) is 20.3. The Morgan fingerprint density at radius 3 is 2.45 bits per heavy atom. The van der Waals surface area contributed by atoms with Gasteiger partial charge in [-0.05, 0) is 38.5 Å². The second kappa shape index (κ2) is 9.26. The summed E-state index contributed by atoms with van der Waals surface area (Å²) in [4.78, 5) is 33.4. The largest absolute Gasteiger partial charge is 0.381 e. The van der Waals surface area contributed by atoms with Gasteiger partial charge in [0, 0.05) is 64.4 Å². The van der Waals surface area contributed by atoms with Crippen LogP contribution in [-0.4, -0.2) is 82.6 Å². The van der Waals surface area contributed by atoms with E-state index >= 15 is 0 Å². The van der Waals surface area contributed by atoms with Crippen molar-refractivity contribution in [2.45, 2.75) is 50.6 Å². The standard InChI is InChI=1S/C21H33N5O3/c1-24-15-22-14-19(24)20(27)23-8-11-26(18-6-12-29-13-7-18)17-4-9-25(10-5-17)21(28)16-2-3-16/h14-18H,2-13H2,1H3,(H,23,27). The van der Waals surface area contributed by atoms with Gasteiger partial charge in [0.25, 0.3) is 5.91 Å². The van der Waals surface area contributed by atoms with E-state index in [0.29, 0.717) is 36.1 Å². The highest BCUT2D eigenvalue weighted by Gasteiger charge is 2.37. The van der Waals surface area contributed by atoms with Gasteiger partial charge >= 0.3 is 0 Å². The highest BCUT2D eigenvalue weighted by atomic mass is 16.5. The van der Waals surface area contributed by atoms with Crippen LogP contribution in [0.2, 0.25) is 0 Å². The Balaban J connectivity index is 1.32. The Morgan fingerprint density at radius 2 is 1.83 bits per heavy atom. The summed E-state index contributed by atoms with van der Waals surface area (Å²) in [5.74, 6) is 0.589. The molecule has 1 aliphatic carbocycles. The van der Waals surface area contributed by atoms with E-state index in [1.165, 1.54) is 0 Å². The maximum atomic E-state index is 12.4. The van der Waals surface area contributed by atoms with Crippen LogP contribution in [0.4, 0.5) is 0 Å². The van der Waals surface area contributed by atoms with Gasteiger partial charge in [0.1, 0.15) is 5.69 Å². The number of nitrogens with one attached hydrogen (secondary N) is 1. The van der Waals surface area contributed by atoms with Crippen LogP contribution in [-0.2, 0) is 16.6 Å². The number of rotatable bonds is 7. The summed E-state index contributed by atoms with van der Waals surface area (Å²) in [5.41, 5.74) is 0.578. The fourth-order valence-electron chi connectivity index (χ4n) is 4.65. The third-order valence-corrected chi connectivity index (χ3v) is 6.54. The summed E-state index contributed by atoms with van der Waals surface area (Å²) >= 11 is 0. The molecule has 29 heavy (non-hydrogen) atoms. The topological polar surface area (TPSA) is 79.7 Å². The number of imidazole rings is 1. The first-order valence-electron chi connectivity index (χ1n) is 11.0. The summed E-state index contributed by atoms with van der Waals surface area (Å²) in [6.45, 7) is 4.78. The minimum Gasteiger partial charge on any atom is -0.381 e. The van der Waals surface area contributed by atoms with Crippen LogP contribution < -0.4 is 5.32 Å². The molecule has 0 unspecified atom stereocenters. The van der Waals surface area contributed by atoms with Gasteiger partial charge in [-0.25, -0.2) is 4.98 Å². The molecule has 4 rings (SSSR count). The van der Waals surface area contributed by atoms with Crippen LogP contribution in [0.1, 0.15) is 49.0 Å². The monoisotopic (exact) mass is 403 g/mol. The van der Waals surface area contributed by atoms with Crippen molar-refractivity contribution >= 4 is 11.8 Å². The van der Waals surface area contributed by atoms with Gasteiger partial charge < -0.3 is 19.5 Å². The number of aryl methyl sites for hydroxylation is 1. The lowest BCUT2D eigenvalue weighted by Gasteiger charge is -2.43. The Bertz CT molecular complexity index is 703. The van der Waals surface area contributed by atoms with Crippen molar-refractivity contribution in [3.05, 3.63) is 18.2 Å². The summed E-state index contributed by atoms with van der Waals surface area (Å²) in [6.07, 6.45) is 9.50. The fraction of sp³-hybridized carbons (Fsp3) is 0.762. The average molecular weight is 404 g/mol. The number of hydrogen-bond donors (Lipinski definition) is 1. The van der Waals surface area contributed by atoms with Crippen molar-refractivity contribution in [1.82, 2.24) is 24.7 Å². The quantitative estimate of drug-likeness (QED) is 0.736. The zero-order valence-corrected chi connectivity index (χ0v) is 17.4. The van der Waals surface area contributed by atoms with Crippen LogP contribution in [0.3, 0.4) is 0 Å². The second-order valence-electron chi connectivity index (χ2n) is 8.56. The second-order valence-corrected chi connectivity index (χ2v) is 8.56. The molecule has 0 bridgehead atoms. The zero-order valence-electron chi connectivity index (χ0n) is 17.4. The molecule has 2 saturated heterocycles. The van der Waals surface area contributed by atoms with E-state index in [0.717, 1.165) is 71.4 Å². The predicted octanol–water partition coefficient (Wildman–Crippen LogP) is 1.03. The van der Waals surface area contributed by atoms with Crippen molar-refractivity contribution < 1.29 is 14.3 Å². The van der Waals surface area contributed by atoms with Gasteiger partial charge in [-0.1, -0.05) is 0 Å². The zero-order chi connectivity index (χ0) is 20.2. The maximum absolute atomic E-state index is 12.4. The highest BCUT2D eigenvalue weighted by molar-refractivity contribution is 5.92. The van der Waals surface area contributed by atoms with Gasteiger partial charge in [-0.2, -0.15) is 0 Å². The Kier molecular flexibility index (Phi) is 6.50. The molecule has 3 aliphatic rings. The third-order valence-electron chi connectivity index (χ3n) is 6.54. The normalized spacial score (nSPS) is 21.5. The molecule has 1 N–H and O–H groups in total. The lowest BCUT2D eigenvalue weighted by atomic mass is 9.97. The summed E-state index contributed by atoms with van der Waals surface area (Å²) < 4.78 is 7.30. The molecule has 0 radical (unpaired) electrons. The average Bonchev–Trinajstić information content (AvgIpc) is 3.52. The highest BCUT2D eigenvalue weighted by Crippen LogP contribution is 2.32. The molecule has 3 heterocycles. The lowest BCUT2D eigenvalue weighted by Crippen LogP contribution is -2.53. The number of carbonyl (C=O) groups is 2. The molecule has 0 aromatic carbocycles. The Labute approximate surface area is 172 Å². The number of nitrogens with zero attached hydrogens (tertiary/aromatic N) is 4. The number of hydrogen-bond acceptors (Lipinski definition) is 5. The summed E-state index contributed by atoms with van der Waals surface area (Å²) in [5, 5.41) is 3.05. The maximum Gasteiger partial charge on any atom is 0.269 e. The molecule has 2 aliphatic heterocycles. The number of carbonyl (C=O) groups excluding carboxylic acids is 2. The summed E-state index contributed by atoms with van der Waals surface area (Å²) in [6, 6.07) is 0.961. The molecule has 1 aromatic heterocycles. The van der Waals surface area contributed by atoms with Gasteiger partial charge in [-0.3, -0.25) is 14.5 Å². The molecule has 1 saturated carbocycles. The van der Waals surface area contributed by atoms with E-state index in [9.17, 15) is 9.59 Å². The number of amides is 2. The molecule has 0 spiro atoms. The van der Waals surface area contributed by atoms with E-state index in [2.05, 4.69) is 20.1 Å². The van der Waals surface area contributed by atoms with Crippen molar-refractivity contribution in [2.24, 2.45) is 13.0 Å². The molecule has 1 aromatic rings. The van der Waals surface area contributed by atoms with E-state index in [-0.39, 0.29) is 5.91 Å². The molecule has 3 fully saturated rings. The molecule has 0 atom stereocenters. The Hall–Kier alpha value is -1.93. The molecular weight excluding hydrogens is 370 g/mol. The molecular formula is C21H33N5O3. The van der Waals surface area contributed by atoms with Gasteiger partial charge in [0.2, 0.25) is 5.91 Å². The minimum absolute atomic E-state index is 0.0817. The third kappa shape index (κ3) is 4.98. The van der Waals surface area contributed by atoms with Crippen LogP contribution >= 0.6 is 0 Å². The smallest absolute Gasteiger partial charge is 0.269 e. The van der Waals surface area contributed by atoms with E-state index < -0.39 is 0 Å². The number of likely N-dealkylation sites (tertiary alicyclic amines) is 1. The number of piperidine rings is 1. The van der Waals surface area contributed by atoms with Crippen molar-refractivity contribution in [3.63, 3.8) is 0 Å². The lowest BCUT2D eigenvalue weighted by molar-refractivity contribution is -0.134. The van der Waals surface area contributed by atoms with Crippen molar-refractivity contribution in [2.75, 3.05) is 39.4 Å². The van der Waals surface area contributed by atoms with Gasteiger partial charge in [0.05, 0.1) is 12.5 Å². The molecule has 8 nitrogen and oxygen atoms in total. The fourth-order valence-corrected chi connectivity index (χ4v) is 4.65. The van der Waals surface area contributed by atoms with Crippen LogP contribution in [0.15, 0.2) is 12.5 Å². The first-order valence-corrected chi connectivity index (χ1v) is 11.0. The Morgan fingerprint density at radius 1 is 1.14 bits per heavy atom. The minimum atomic E-state index is -0.0817. The predicted molar refractivity (Wildman–Crippen MR) is 108 cm³/mol. The van der Waals surface area contributed by atoms with Crippen molar-refractivity contribution in [3.8, 4) is 0 Å². The van der Waals surface area contributed by atoms with Crippen molar-refractivity contribution in [1.29, 1.82) is 0 Å². The molecule has 2 amide bonds. The number of aromatic nitrogens is 2.